The summed E-state index contributed by atoms with van der Waals surface area (Å²) in [6, 6.07) is -0.000602. The van der Waals surface area contributed by atoms with Gasteiger partial charge in [0, 0.05) is 13.1 Å². The minimum atomic E-state index is -0.000602. The molecular formula is C12H17ClN3O3-. The molecule has 0 aromatic heterocycles. The Morgan fingerprint density at radius 2 is 2.00 bits per heavy atom. The molecule has 0 amide bonds. The number of allylic oxidation sites excluding steroid dienone is 1. The maximum atomic E-state index is 8.94. The number of hydrogen-bond donors (Lipinski definition) is 0. The molecular weight excluding hydrogens is 270 g/mol. The van der Waals surface area contributed by atoms with Crippen LogP contribution in [-0.4, -0.2) is 62.0 Å². The lowest BCUT2D eigenvalue weighted by Crippen LogP contribution is -3.00. The Hall–Kier alpha value is -1.33. The van der Waals surface area contributed by atoms with E-state index in [0.29, 0.717) is 24.7 Å². The first-order chi connectivity index (χ1) is 8.80. The Balaban J connectivity index is 0.00000180. The smallest absolute Gasteiger partial charge is 0.359 e. The lowest BCUT2D eigenvalue weighted by atomic mass is 10.0. The van der Waals surface area contributed by atoms with Crippen LogP contribution in [0.15, 0.2) is 23.7 Å². The molecule has 1 unspecified atom stereocenters. The summed E-state index contributed by atoms with van der Waals surface area (Å²) in [6.45, 7) is 3.10. The van der Waals surface area contributed by atoms with Crippen molar-refractivity contribution in [1.82, 2.24) is 4.90 Å². The van der Waals surface area contributed by atoms with E-state index in [1.165, 1.54) is 0 Å². The van der Waals surface area contributed by atoms with Gasteiger partial charge in [-0.2, -0.15) is 4.79 Å². The third-order valence-corrected chi connectivity index (χ3v) is 3.13. The molecule has 1 atom stereocenters. The van der Waals surface area contributed by atoms with Gasteiger partial charge in [0.05, 0.1) is 39.6 Å². The van der Waals surface area contributed by atoms with Gasteiger partial charge in [-0.05, 0) is 6.08 Å². The van der Waals surface area contributed by atoms with Crippen molar-refractivity contribution in [3.8, 4) is 0 Å². The maximum Gasteiger partial charge on any atom is 0.359 e. The van der Waals surface area contributed by atoms with Crippen LogP contribution in [0.2, 0.25) is 0 Å². The number of morpholine rings is 1. The van der Waals surface area contributed by atoms with Crippen LogP contribution in [0, 0.1) is 0 Å². The Kier molecular flexibility index (Phi) is 6.05. The fourth-order valence-electron chi connectivity index (χ4n) is 2.17. The van der Waals surface area contributed by atoms with Crippen LogP contribution in [0.3, 0.4) is 0 Å². The monoisotopic (exact) mass is 286 g/mol. The molecule has 0 aromatic rings. The number of hydrogen-bond acceptors (Lipinski definition) is 4. The Morgan fingerprint density at radius 1 is 1.32 bits per heavy atom. The Morgan fingerprint density at radius 3 is 2.53 bits per heavy atom. The van der Waals surface area contributed by atoms with Crippen molar-refractivity contribution in [2.75, 3.05) is 40.5 Å². The lowest BCUT2D eigenvalue weighted by molar-refractivity contribution is -0.00899. The minimum absolute atomic E-state index is 0. The fraction of sp³-hybridized carbons (Fsp3) is 0.583. The average Bonchev–Trinajstić information content (AvgIpc) is 2.46. The Labute approximate surface area is 118 Å². The highest BCUT2D eigenvalue weighted by atomic mass is 35.5. The molecule has 2 aliphatic rings. The molecule has 1 saturated heterocycles. The summed E-state index contributed by atoms with van der Waals surface area (Å²) in [5, 5.41) is 0. The van der Waals surface area contributed by atoms with Crippen LogP contribution in [0.4, 0.5) is 0 Å². The van der Waals surface area contributed by atoms with E-state index in [2.05, 4.69) is 9.69 Å². The third-order valence-electron chi connectivity index (χ3n) is 3.13. The van der Waals surface area contributed by atoms with Gasteiger partial charge in [0.15, 0.2) is 0 Å². The molecule has 1 fully saturated rings. The van der Waals surface area contributed by atoms with Gasteiger partial charge >= 0.3 is 5.71 Å². The first kappa shape index (κ1) is 15.7. The normalized spacial score (nSPS) is 23.7. The summed E-state index contributed by atoms with van der Waals surface area (Å²) in [5.41, 5.74) is 9.31. The number of nitrogens with zero attached hydrogens (tertiary/aromatic N) is 3. The second-order valence-corrected chi connectivity index (χ2v) is 4.06. The standard InChI is InChI=1S/C12H17N3O3.ClH/c1-16-11-8-10(15-3-5-18-6-4-15)12(17-2)7-9(11)14-13;/h7-8,10H,3-6H2,1-2H3;1H/p-1. The van der Waals surface area contributed by atoms with E-state index < -0.39 is 0 Å². The van der Waals surface area contributed by atoms with E-state index in [0.717, 1.165) is 18.8 Å². The summed E-state index contributed by atoms with van der Waals surface area (Å²) in [5.74, 6) is 1.29. The van der Waals surface area contributed by atoms with Crippen molar-refractivity contribution in [1.29, 1.82) is 0 Å². The van der Waals surface area contributed by atoms with Gasteiger partial charge in [0.1, 0.15) is 5.76 Å². The van der Waals surface area contributed by atoms with Crippen LogP contribution in [0.5, 0.6) is 0 Å². The van der Waals surface area contributed by atoms with Crippen molar-refractivity contribution < 1.29 is 31.4 Å². The van der Waals surface area contributed by atoms with E-state index in [1.807, 2.05) is 6.08 Å². The second-order valence-electron chi connectivity index (χ2n) is 4.06. The molecule has 2 rings (SSSR count). The van der Waals surface area contributed by atoms with Gasteiger partial charge in [0.2, 0.25) is 5.76 Å². The number of halogens is 1. The molecule has 1 heterocycles. The minimum Gasteiger partial charge on any atom is -1.00 e. The fourth-order valence-corrected chi connectivity index (χ4v) is 2.17. The predicted molar refractivity (Wildman–Crippen MR) is 65.0 cm³/mol. The molecule has 7 heteroatoms. The molecule has 106 valence electrons. The highest BCUT2D eigenvalue weighted by molar-refractivity contribution is 6.04. The first-order valence-electron chi connectivity index (χ1n) is 5.85. The van der Waals surface area contributed by atoms with Crippen molar-refractivity contribution in [2.45, 2.75) is 6.04 Å². The van der Waals surface area contributed by atoms with Gasteiger partial charge < -0.3 is 32.1 Å². The van der Waals surface area contributed by atoms with Gasteiger partial charge in [-0.15, -0.1) is 0 Å². The SMILES string of the molecule is COC1=CC(N2CCOCC2)C(OC)=CC1=[N+]=[N-].[Cl-]. The van der Waals surface area contributed by atoms with Crippen molar-refractivity contribution in [3.05, 3.63) is 29.2 Å². The molecule has 0 bridgehead atoms. The van der Waals surface area contributed by atoms with E-state index in [-0.39, 0.29) is 18.4 Å². The molecule has 0 aromatic carbocycles. The zero-order valence-corrected chi connectivity index (χ0v) is 11.8. The quantitative estimate of drug-likeness (QED) is 0.423. The van der Waals surface area contributed by atoms with Crippen LogP contribution in [0.1, 0.15) is 0 Å². The summed E-state index contributed by atoms with van der Waals surface area (Å²) < 4.78 is 15.9. The van der Waals surface area contributed by atoms with Gasteiger partial charge in [0.25, 0.3) is 0 Å². The largest absolute Gasteiger partial charge is 1.00 e. The zero-order valence-electron chi connectivity index (χ0n) is 11.0. The van der Waals surface area contributed by atoms with Crippen LogP contribution in [-0.2, 0) is 14.2 Å². The molecule has 0 N–H and O–H groups in total. The number of methoxy groups -OCH3 is 2. The van der Waals surface area contributed by atoms with E-state index >= 15 is 0 Å². The molecule has 1 aliphatic carbocycles. The number of rotatable bonds is 3. The summed E-state index contributed by atoms with van der Waals surface area (Å²) in [7, 11) is 3.17. The Bertz CT molecular complexity index is 424. The maximum absolute atomic E-state index is 8.94. The molecule has 1 aliphatic heterocycles. The summed E-state index contributed by atoms with van der Waals surface area (Å²) in [6.07, 6.45) is 3.60. The molecule has 6 nitrogen and oxygen atoms in total. The van der Waals surface area contributed by atoms with E-state index in [9.17, 15) is 0 Å². The van der Waals surface area contributed by atoms with Crippen molar-refractivity contribution in [2.24, 2.45) is 0 Å². The molecule has 0 radical (unpaired) electrons. The van der Waals surface area contributed by atoms with Crippen LogP contribution >= 0.6 is 0 Å². The first-order valence-corrected chi connectivity index (χ1v) is 5.85. The van der Waals surface area contributed by atoms with Crippen molar-refractivity contribution in [3.63, 3.8) is 0 Å². The average molecular weight is 287 g/mol. The summed E-state index contributed by atoms with van der Waals surface area (Å²) >= 11 is 0. The van der Waals surface area contributed by atoms with Gasteiger partial charge in [-0.25, -0.2) is 0 Å². The molecule has 0 spiro atoms. The topological polar surface area (TPSA) is 67.3 Å². The highest BCUT2D eigenvalue weighted by Crippen LogP contribution is 2.22. The zero-order chi connectivity index (χ0) is 13.0. The van der Waals surface area contributed by atoms with E-state index in [4.69, 9.17) is 19.7 Å². The van der Waals surface area contributed by atoms with Gasteiger partial charge in [-0.1, -0.05) is 0 Å². The predicted octanol–water partition coefficient (Wildman–Crippen LogP) is -2.56. The van der Waals surface area contributed by atoms with Crippen LogP contribution < -0.4 is 12.4 Å². The summed E-state index contributed by atoms with van der Waals surface area (Å²) in [4.78, 5) is 5.44. The van der Waals surface area contributed by atoms with Crippen molar-refractivity contribution >= 4 is 5.71 Å². The molecule has 0 saturated carbocycles. The second kappa shape index (κ2) is 7.31. The number of ether oxygens (including phenoxy) is 3. The molecule has 19 heavy (non-hydrogen) atoms. The van der Waals surface area contributed by atoms with E-state index in [1.54, 1.807) is 20.3 Å². The van der Waals surface area contributed by atoms with Gasteiger partial charge in [-0.3, -0.25) is 4.90 Å². The lowest BCUT2D eigenvalue weighted by Gasteiger charge is -2.34. The third kappa shape index (κ3) is 3.36. The van der Waals surface area contributed by atoms with Crippen LogP contribution in [0.25, 0.3) is 5.53 Å². The highest BCUT2D eigenvalue weighted by Gasteiger charge is 2.32.